The number of amides is 1. The molecule has 0 bridgehead atoms. The minimum atomic E-state index is -2.01. The zero-order valence-corrected chi connectivity index (χ0v) is 34.3. The number of ether oxygens (including phenoxy) is 2. The molecule has 1 aliphatic heterocycles. The number of carbonyl (C=O) groups is 1. The van der Waals surface area contributed by atoms with Gasteiger partial charge in [-0.25, -0.2) is 0 Å². The molecule has 9 heteroatoms. The number of nitrogens with zero attached hydrogens (tertiary/aromatic N) is 1. The molecule has 0 aromatic heterocycles. The number of hydrogen-bond donors (Lipinski definition) is 2. The van der Waals surface area contributed by atoms with E-state index >= 15 is 0 Å². The fourth-order valence-corrected chi connectivity index (χ4v) is 7.32. The van der Waals surface area contributed by atoms with Crippen molar-refractivity contribution in [3.8, 4) is 11.1 Å². The van der Waals surface area contributed by atoms with Gasteiger partial charge in [-0.15, -0.1) is 0 Å². The highest BCUT2D eigenvalue weighted by Crippen LogP contribution is 2.42. The molecule has 1 fully saturated rings. The summed E-state index contributed by atoms with van der Waals surface area (Å²) < 4.78 is 11.8. The largest absolute Gasteiger partial charge is 0.392 e. The van der Waals surface area contributed by atoms with E-state index in [2.05, 4.69) is 61.3 Å². The monoisotopic (exact) mass is 786 g/mol. The van der Waals surface area contributed by atoms with Gasteiger partial charge < -0.3 is 24.8 Å². The number of unbranched alkanes of at least 4 members (excludes halogenated alkanes) is 10. The highest BCUT2D eigenvalue weighted by molar-refractivity contribution is 6.76. The number of hydrogen-bond acceptors (Lipinski definition) is 5. The van der Waals surface area contributed by atoms with Gasteiger partial charge in [-0.2, -0.15) is 0 Å². The zero-order chi connectivity index (χ0) is 38.1. The predicted molar refractivity (Wildman–Crippen MR) is 220 cm³/mol. The number of nitrogens with one attached hydrogen (secondary N) is 1. The fraction of sp³-hybridized carbons (Fsp3) is 0.568. The summed E-state index contributed by atoms with van der Waals surface area (Å²) in [6, 6.07) is 24.4. The third-order valence-corrected chi connectivity index (χ3v) is 10.9. The van der Waals surface area contributed by atoms with Crippen LogP contribution in [0.4, 0.5) is 0 Å². The van der Waals surface area contributed by atoms with Crippen LogP contribution in [0.5, 0.6) is 0 Å². The quantitative estimate of drug-likeness (QED) is 0.0784. The van der Waals surface area contributed by atoms with Crippen molar-refractivity contribution in [1.29, 1.82) is 0 Å². The normalized spacial score (nSPS) is 19.1. The van der Waals surface area contributed by atoms with Gasteiger partial charge >= 0.3 is 0 Å². The molecule has 4 rings (SSSR count). The van der Waals surface area contributed by atoms with Gasteiger partial charge in [-0.05, 0) is 65.9 Å². The van der Waals surface area contributed by atoms with Crippen molar-refractivity contribution < 1.29 is 19.4 Å². The number of rotatable bonds is 22. The number of benzene rings is 3. The number of alkyl halides is 3. The predicted octanol–water partition coefficient (Wildman–Crippen LogP) is 11.6. The van der Waals surface area contributed by atoms with Crippen LogP contribution in [0, 0.1) is 5.92 Å². The van der Waals surface area contributed by atoms with Crippen LogP contribution in [-0.4, -0.2) is 45.4 Å². The van der Waals surface area contributed by atoms with Gasteiger partial charge in [-0.3, -0.25) is 4.79 Å². The molecule has 0 spiro atoms. The van der Waals surface area contributed by atoms with Gasteiger partial charge in [0.05, 0.1) is 18.8 Å². The summed E-state index contributed by atoms with van der Waals surface area (Å²) in [4.78, 5) is 14.8. The first-order valence-electron chi connectivity index (χ1n) is 19.9. The maximum absolute atomic E-state index is 12.1. The van der Waals surface area contributed by atoms with Crippen LogP contribution < -0.4 is 5.32 Å². The molecule has 2 N–H and O–H groups in total. The lowest BCUT2D eigenvalue weighted by Gasteiger charge is -2.43. The van der Waals surface area contributed by atoms with Crippen LogP contribution in [0.2, 0.25) is 0 Å². The maximum atomic E-state index is 12.1. The Labute approximate surface area is 333 Å². The van der Waals surface area contributed by atoms with Crippen LogP contribution in [-0.2, 0) is 27.4 Å². The van der Waals surface area contributed by atoms with Gasteiger partial charge in [0.25, 0.3) is 9.70 Å². The fourth-order valence-electron chi connectivity index (χ4n) is 7.12. The highest BCUT2D eigenvalue weighted by atomic mass is 35.6. The van der Waals surface area contributed by atoms with Crippen molar-refractivity contribution in [3.05, 3.63) is 95.1 Å². The minimum Gasteiger partial charge on any atom is -0.392 e. The number of halogens is 3. The Balaban J connectivity index is 1.55. The molecule has 3 aromatic carbocycles. The van der Waals surface area contributed by atoms with Gasteiger partial charge in [0.15, 0.2) is 6.29 Å². The molecule has 53 heavy (non-hydrogen) atoms. The van der Waals surface area contributed by atoms with Gasteiger partial charge in [0.2, 0.25) is 0 Å². The third-order valence-electron chi connectivity index (χ3n) is 10.3. The van der Waals surface area contributed by atoms with Crippen molar-refractivity contribution in [2.45, 2.75) is 133 Å². The molecule has 0 radical (unpaired) electrons. The van der Waals surface area contributed by atoms with Crippen molar-refractivity contribution in [2.75, 3.05) is 19.6 Å². The Morgan fingerprint density at radius 1 is 0.736 bits per heavy atom. The molecule has 0 saturated carbocycles. The molecule has 0 unspecified atom stereocenters. The molecule has 1 aliphatic rings. The van der Waals surface area contributed by atoms with Crippen LogP contribution >= 0.6 is 34.8 Å². The van der Waals surface area contributed by atoms with E-state index in [-0.39, 0.29) is 31.3 Å². The maximum Gasteiger partial charge on any atom is 0.272 e. The topological polar surface area (TPSA) is 71.0 Å². The highest BCUT2D eigenvalue weighted by Gasteiger charge is 2.39. The van der Waals surface area contributed by atoms with E-state index < -0.39 is 16.0 Å². The molecular weight excluding hydrogens is 727 g/mol. The summed E-state index contributed by atoms with van der Waals surface area (Å²) in [6.45, 7) is 10.1. The molecule has 3 aromatic rings. The van der Waals surface area contributed by atoms with Crippen LogP contribution in [0.15, 0.2) is 72.8 Å². The zero-order valence-electron chi connectivity index (χ0n) is 32.0. The van der Waals surface area contributed by atoms with Crippen molar-refractivity contribution in [2.24, 2.45) is 5.92 Å². The average Bonchev–Trinajstić information content (AvgIpc) is 3.17. The second-order valence-electron chi connectivity index (χ2n) is 14.7. The summed E-state index contributed by atoms with van der Waals surface area (Å²) in [6.07, 6.45) is 14.6. The Kier molecular flexibility index (Phi) is 18.9. The lowest BCUT2D eigenvalue weighted by Crippen LogP contribution is -2.45. The van der Waals surface area contributed by atoms with Crippen molar-refractivity contribution >= 4 is 40.7 Å². The molecule has 1 amide bonds. The standard InChI is InChI=1S/C44H61Cl3N2O4/c1-4-6-8-10-12-14-26-49(27-15-13-11-9-7-5-2)31-40-33(3)41(36-24-22-34(32-50)23-25-36)53-42(52-40)39-21-17-20-38(29-39)37-19-16-18-35(28-37)30-48-43(51)44(45,46)47/h16-25,28-29,33,40-42,50H,4-15,26-27,30-32H2,1-3H3,(H,48,51)/t33-,40+,41+,42+/m0/s1. The van der Waals surface area contributed by atoms with Crippen LogP contribution in [0.3, 0.4) is 0 Å². The SMILES string of the molecule is CCCCCCCCN(CCCCCCCC)C[C@H]1O[C@@H](c2cccc(-c3cccc(CNC(=O)C(Cl)(Cl)Cl)c3)c2)O[C@@H](c2ccc(CO)cc2)[C@H]1C. The second-order valence-corrected chi connectivity index (χ2v) is 16.9. The van der Waals surface area contributed by atoms with E-state index in [1.54, 1.807) is 0 Å². The Hall–Kier alpha value is -2.16. The van der Waals surface area contributed by atoms with Gasteiger partial charge in [0, 0.05) is 24.6 Å². The van der Waals surface area contributed by atoms with E-state index in [1.165, 1.54) is 77.0 Å². The Morgan fingerprint density at radius 3 is 1.92 bits per heavy atom. The molecule has 6 nitrogen and oxygen atoms in total. The van der Waals surface area contributed by atoms with E-state index in [0.717, 1.165) is 53.0 Å². The summed E-state index contributed by atoms with van der Waals surface area (Å²) in [5.41, 5.74) is 5.81. The van der Waals surface area contributed by atoms with Crippen molar-refractivity contribution in [1.82, 2.24) is 10.2 Å². The Morgan fingerprint density at radius 2 is 1.32 bits per heavy atom. The van der Waals surface area contributed by atoms with E-state index in [0.29, 0.717) is 0 Å². The van der Waals surface area contributed by atoms with Gasteiger partial charge in [0.1, 0.15) is 0 Å². The minimum absolute atomic E-state index is 0.00877. The lowest BCUT2D eigenvalue weighted by molar-refractivity contribution is -0.276. The van der Waals surface area contributed by atoms with Gasteiger partial charge in [-0.1, -0.05) is 180 Å². The second kappa shape index (κ2) is 23.0. The van der Waals surface area contributed by atoms with E-state index in [1.807, 2.05) is 42.5 Å². The molecule has 0 aliphatic carbocycles. The van der Waals surface area contributed by atoms with Crippen LogP contribution in [0.1, 0.15) is 132 Å². The number of aliphatic hydroxyl groups excluding tert-OH is 1. The smallest absolute Gasteiger partial charge is 0.272 e. The van der Waals surface area contributed by atoms with Crippen molar-refractivity contribution in [3.63, 3.8) is 0 Å². The molecule has 4 atom stereocenters. The molecule has 1 saturated heterocycles. The summed E-state index contributed by atoms with van der Waals surface area (Å²) >= 11 is 17.2. The van der Waals surface area contributed by atoms with Crippen LogP contribution in [0.25, 0.3) is 11.1 Å². The number of carbonyl (C=O) groups excluding carboxylic acids is 1. The van der Waals surface area contributed by atoms with E-state index in [4.69, 9.17) is 44.3 Å². The first-order chi connectivity index (χ1) is 25.6. The Bertz CT molecular complexity index is 1480. The first kappa shape index (κ1) is 43.6. The number of aliphatic hydroxyl groups is 1. The average molecular weight is 788 g/mol. The summed E-state index contributed by atoms with van der Waals surface area (Å²) in [5.74, 6) is -0.547. The third kappa shape index (κ3) is 14.5. The summed E-state index contributed by atoms with van der Waals surface area (Å²) in [5, 5.41) is 12.4. The molecular formula is C44H61Cl3N2O4. The van der Waals surface area contributed by atoms with E-state index in [9.17, 15) is 9.90 Å². The molecule has 292 valence electrons. The molecule has 1 heterocycles. The first-order valence-corrected chi connectivity index (χ1v) is 21.0. The summed E-state index contributed by atoms with van der Waals surface area (Å²) in [7, 11) is 0. The lowest BCUT2D eigenvalue weighted by atomic mass is 9.89.